The van der Waals surface area contributed by atoms with Crippen LogP contribution in [0, 0.1) is 21.7 Å². The second-order valence-electron chi connectivity index (χ2n) is 25.7. The van der Waals surface area contributed by atoms with Crippen LogP contribution in [0.2, 0.25) is 0 Å². The number of benzene rings is 4. The fourth-order valence-electron chi connectivity index (χ4n) is 14.7. The fourth-order valence-corrected chi connectivity index (χ4v) is 14.7. The van der Waals surface area contributed by atoms with E-state index in [1.165, 1.54) is 24.1 Å². The fraction of sp³-hybridized carbons (Fsp3) is 0.530. The molecule has 8 atom stereocenters. The number of fused-ring (bicyclic) bond motifs is 12. The van der Waals surface area contributed by atoms with Crippen molar-refractivity contribution in [2.24, 2.45) is 32.7 Å². The SMILES string of the molecule is C.CC(=O)[C@@H]1CC2(CC2)[C@@H]2CN1C(=O)N2OCc1ccccc1.Cl.NO.O=C1N2C[C@H](N1OCc1ccccc1)C1(CC1)C[C@H]2CO.O=C1N[C@H]2CN1[C@H](/C=N/O)CC21CC1.O=C[C@@H]1CC2(CC2)[C@@H]2CN1C(=O)N2OCc1ccccc1.OCc1ccccc1.[B].[H-].[Li+]. The summed E-state index contributed by atoms with van der Waals surface area (Å²) in [5, 5.41) is 43.8. The molecule has 4 spiro atoms. The molecule has 491 valence electrons. The van der Waals surface area contributed by atoms with E-state index in [0.717, 1.165) is 99.3 Å². The molecular formula is C66H88BClLiN10O13. The molecule has 8 saturated heterocycles. The average Bonchev–Trinajstić information content (AvgIpc) is 1.58. The van der Waals surface area contributed by atoms with Gasteiger partial charge in [0, 0.05) is 34.6 Å². The Balaban J connectivity index is 0.000000186. The zero-order valence-electron chi connectivity index (χ0n) is 52.8. The van der Waals surface area contributed by atoms with E-state index in [2.05, 4.69) is 16.4 Å². The Morgan fingerprint density at radius 1 is 0.576 bits per heavy atom. The molecule has 4 aromatic rings. The van der Waals surface area contributed by atoms with Crippen molar-refractivity contribution in [1.29, 1.82) is 0 Å². The number of piperidine rings is 4. The number of nitrogens with two attached hydrogens (primary N) is 1. The van der Waals surface area contributed by atoms with Crippen molar-refractivity contribution in [3.05, 3.63) is 144 Å². The predicted octanol–water partition coefficient (Wildman–Crippen LogP) is 4.81. The Kier molecular flexibility index (Phi) is 24.6. The van der Waals surface area contributed by atoms with Crippen LogP contribution in [-0.4, -0.2) is 187 Å². The molecule has 4 aromatic carbocycles. The molecule has 0 unspecified atom stereocenters. The number of aliphatic hydroxyl groups is 2. The average molecular weight is 1280 g/mol. The van der Waals surface area contributed by atoms with Crippen LogP contribution < -0.4 is 30.1 Å². The summed E-state index contributed by atoms with van der Waals surface area (Å²) in [6.07, 6.45) is 14.9. The summed E-state index contributed by atoms with van der Waals surface area (Å²) in [5.41, 5.74) is 4.83. The molecule has 4 aliphatic carbocycles. The quantitative estimate of drug-likeness (QED) is 0.0325. The van der Waals surface area contributed by atoms with Crippen LogP contribution in [-0.2, 0) is 50.5 Å². The van der Waals surface area contributed by atoms with Gasteiger partial charge in [-0.25, -0.2) is 25.1 Å². The first-order valence-corrected chi connectivity index (χ1v) is 30.8. The number of rotatable bonds is 14. The van der Waals surface area contributed by atoms with E-state index in [-0.39, 0.29) is 150 Å². The molecule has 92 heavy (non-hydrogen) atoms. The number of aliphatic hydroxyl groups excluding tert-OH is 2. The van der Waals surface area contributed by atoms with Gasteiger partial charge in [0.1, 0.15) is 26.1 Å². The van der Waals surface area contributed by atoms with Crippen LogP contribution in [0.3, 0.4) is 0 Å². The first kappa shape index (κ1) is 72.9. The van der Waals surface area contributed by atoms with Crippen LogP contribution in [0.5, 0.6) is 0 Å². The number of hydrogen-bond acceptors (Lipinski definition) is 15. The maximum Gasteiger partial charge on any atom is 1.00 e. The van der Waals surface area contributed by atoms with Gasteiger partial charge in [0.2, 0.25) is 0 Å². The van der Waals surface area contributed by atoms with Gasteiger partial charge in [0.05, 0.1) is 67.8 Å². The monoisotopic (exact) mass is 1280 g/mol. The molecule has 16 rings (SSSR count). The van der Waals surface area contributed by atoms with Crippen molar-refractivity contribution in [3.63, 3.8) is 0 Å². The third kappa shape index (κ3) is 15.2. The summed E-state index contributed by atoms with van der Waals surface area (Å²) in [6.45, 7) is 5.67. The molecule has 26 heteroatoms. The Morgan fingerprint density at radius 3 is 1.35 bits per heavy atom. The van der Waals surface area contributed by atoms with Crippen molar-refractivity contribution in [1.82, 2.24) is 40.1 Å². The molecule has 12 aliphatic rings. The van der Waals surface area contributed by atoms with Gasteiger partial charge in [-0.2, -0.15) is 15.2 Å². The largest absolute Gasteiger partial charge is 1.00 e. The van der Waals surface area contributed by atoms with E-state index in [1.54, 1.807) is 36.6 Å². The van der Waals surface area contributed by atoms with E-state index < -0.39 is 0 Å². The number of carbonyl (C=O) groups is 6. The number of hydrogen-bond donors (Lipinski definition) is 6. The van der Waals surface area contributed by atoms with Crippen molar-refractivity contribution in [2.75, 3.05) is 32.8 Å². The van der Waals surface area contributed by atoms with Gasteiger partial charge in [-0.3, -0.25) is 19.3 Å². The topological polar surface area (TPSA) is 284 Å². The zero-order chi connectivity index (χ0) is 61.8. The first-order chi connectivity index (χ1) is 42.8. The number of amides is 8. The smallest absolute Gasteiger partial charge is 1.00 e. The second kappa shape index (κ2) is 31.1. The van der Waals surface area contributed by atoms with Crippen LogP contribution in [0.25, 0.3) is 0 Å². The number of oxime groups is 1. The first-order valence-electron chi connectivity index (χ1n) is 30.8. The summed E-state index contributed by atoms with van der Waals surface area (Å²) in [5.74, 6) is 3.59. The maximum absolute atomic E-state index is 12.6. The number of ketones is 1. The Labute approximate surface area is 560 Å². The van der Waals surface area contributed by atoms with Gasteiger partial charge >= 0.3 is 43.0 Å². The molecule has 12 fully saturated rings. The molecule has 7 N–H and O–H groups in total. The molecule has 4 saturated carbocycles. The number of carbonyl (C=O) groups excluding carboxylic acids is 6. The third-order valence-electron chi connectivity index (χ3n) is 20.5. The van der Waals surface area contributed by atoms with Gasteiger partial charge in [-0.15, -0.1) is 12.4 Å². The van der Waals surface area contributed by atoms with Crippen LogP contribution in [0.15, 0.2) is 126 Å². The van der Waals surface area contributed by atoms with Crippen molar-refractivity contribution >= 4 is 63.2 Å². The van der Waals surface area contributed by atoms with Gasteiger partial charge in [-0.05, 0) is 128 Å². The number of Topliss-reactive ketones (excluding diaryl/α,β-unsaturated/α-hetero) is 1. The standard InChI is InChI=1S/C17H20N2O3.C16H20N2O3.C16H18N2O3.C9H13N3O2.C7H8O.CH4.B.ClH.Li.H3NO.H/c1-12(20)14-9-17(7-8-17)15-10-18(14)16(21)19(15)22-11-13-5-3-2-4-6-13;2*19-10-13-8-16(6-7-16)14-9-17(13)15(20)18(14)21-11-12-4-2-1-3-5-12;13-8-11-7-5-12(8)6(4-10-14)3-9(7)1-2-9;8-6-7-4-2-1-3-5-7;;;;;1-2;/h2-6,14-15H,7-11H2,1H3;1-5,13-14,19H,6-11H2;1-5,10,13-14H,6-9,11H2;4,6-7,14H,1-3,5H2,(H,11,13);1-5,8H,6H2;1H4;;1H;;2H,1H2;/q;;;;;;;;+1;;-1/b;;;10-4+;;;;;;;/t14-,15-;2*13-,14-;6-,7-;;;;;;;/m0000......./s1. The molecule has 3 radical (unpaired) electrons. The summed E-state index contributed by atoms with van der Waals surface area (Å²) < 4.78 is 0. The molecule has 0 aromatic heterocycles. The van der Waals surface area contributed by atoms with E-state index in [1.807, 2.05) is 121 Å². The number of halogens is 1. The Hall–Kier alpha value is -6.56. The number of hydroxylamine groups is 6. The van der Waals surface area contributed by atoms with Crippen molar-refractivity contribution in [3.8, 4) is 0 Å². The van der Waals surface area contributed by atoms with E-state index in [4.69, 9.17) is 30.0 Å². The minimum atomic E-state index is -0.276. The number of nitrogens with one attached hydrogen (secondary N) is 1. The molecule has 8 heterocycles. The van der Waals surface area contributed by atoms with E-state index in [0.29, 0.717) is 50.9 Å². The van der Waals surface area contributed by atoms with Gasteiger partial charge < -0.3 is 51.8 Å². The second-order valence-corrected chi connectivity index (χ2v) is 25.7. The van der Waals surface area contributed by atoms with Gasteiger partial charge in [-0.1, -0.05) is 134 Å². The van der Waals surface area contributed by atoms with Crippen LogP contribution >= 0.6 is 12.4 Å². The number of urea groups is 4. The third-order valence-corrected chi connectivity index (χ3v) is 20.5. The number of nitrogens with zero attached hydrogens (tertiary/aromatic N) is 8. The van der Waals surface area contributed by atoms with E-state index in [9.17, 15) is 33.9 Å². The van der Waals surface area contributed by atoms with Gasteiger partial charge in [0.15, 0.2) is 5.78 Å². The molecule has 23 nitrogen and oxygen atoms in total. The zero-order valence-corrected chi connectivity index (χ0v) is 52.6. The maximum atomic E-state index is 12.6. The van der Waals surface area contributed by atoms with Crippen LogP contribution in [0.4, 0.5) is 19.2 Å². The molecule has 8 bridgehead atoms. The van der Waals surface area contributed by atoms with Crippen LogP contribution in [0.1, 0.15) is 115 Å². The summed E-state index contributed by atoms with van der Waals surface area (Å²) >= 11 is 0. The summed E-state index contributed by atoms with van der Waals surface area (Å²) in [7, 11) is 0. The predicted molar refractivity (Wildman–Crippen MR) is 339 cm³/mol. The molecule has 8 aliphatic heterocycles. The Morgan fingerprint density at radius 2 is 0.957 bits per heavy atom. The normalized spacial score (nSPS) is 26.7. The molecule has 8 amide bonds. The molecular weight excluding hydrogens is 1190 g/mol. The van der Waals surface area contributed by atoms with Crippen molar-refractivity contribution in [2.45, 2.75) is 166 Å². The Bertz CT molecular complexity index is 3150. The van der Waals surface area contributed by atoms with Crippen molar-refractivity contribution < 1.29 is 84.2 Å². The minimum absolute atomic E-state index is 0. The van der Waals surface area contributed by atoms with E-state index >= 15 is 0 Å². The minimum Gasteiger partial charge on any atom is -1.00 e. The summed E-state index contributed by atoms with van der Waals surface area (Å²) in [6, 6.07) is 38.8. The van der Waals surface area contributed by atoms with Gasteiger partial charge in [0.25, 0.3) is 0 Å². The number of aldehydes is 1. The summed E-state index contributed by atoms with van der Waals surface area (Å²) in [4.78, 5) is 96.6.